The predicted octanol–water partition coefficient (Wildman–Crippen LogP) is 4.10. The molecule has 0 bridgehead atoms. The minimum atomic E-state index is 0.558. The number of rotatable bonds is 1. The van der Waals surface area contributed by atoms with Gasteiger partial charge in [-0.2, -0.15) is 0 Å². The molecule has 0 unspecified atom stereocenters. The third-order valence-corrected chi connectivity index (χ3v) is 3.79. The van der Waals surface area contributed by atoms with Crippen LogP contribution in [0, 0.1) is 0 Å². The van der Waals surface area contributed by atoms with Crippen molar-refractivity contribution < 1.29 is 0 Å². The Bertz CT molecular complexity index is 545. The molecule has 3 heteroatoms. The maximum atomic E-state index is 6.21. The Morgan fingerprint density at radius 2 is 2.18 bits per heavy atom. The Morgan fingerprint density at radius 1 is 1.35 bits per heavy atom. The average Bonchev–Trinajstić information content (AvgIpc) is 2.75. The lowest BCUT2D eigenvalue weighted by Gasteiger charge is -2.20. The fourth-order valence-corrected chi connectivity index (χ4v) is 2.72. The molecule has 2 heterocycles. The van der Waals surface area contributed by atoms with Crippen LogP contribution in [0.1, 0.15) is 31.6 Å². The van der Waals surface area contributed by atoms with E-state index < -0.39 is 0 Å². The second-order valence-corrected chi connectivity index (χ2v) is 5.08. The van der Waals surface area contributed by atoms with Crippen molar-refractivity contribution in [3.63, 3.8) is 0 Å². The monoisotopic (exact) mass is 246 g/mol. The van der Waals surface area contributed by atoms with Gasteiger partial charge in [0.05, 0.1) is 10.7 Å². The molecule has 0 radical (unpaired) electrons. The Hall–Kier alpha value is -1.28. The van der Waals surface area contributed by atoms with E-state index in [1.807, 2.05) is 24.3 Å². The maximum Gasteiger partial charge on any atom is 0.109 e. The zero-order chi connectivity index (χ0) is 11.8. The van der Waals surface area contributed by atoms with Crippen molar-refractivity contribution >= 4 is 11.6 Å². The van der Waals surface area contributed by atoms with Crippen LogP contribution < -0.4 is 0 Å². The number of nitrogens with zero attached hydrogens (tertiary/aromatic N) is 2. The molecule has 17 heavy (non-hydrogen) atoms. The van der Waals surface area contributed by atoms with Crippen LogP contribution >= 0.6 is 11.6 Å². The lowest BCUT2D eigenvalue weighted by Crippen LogP contribution is -2.14. The van der Waals surface area contributed by atoms with Gasteiger partial charge in [0.25, 0.3) is 0 Å². The zero-order valence-electron chi connectivity index (χ0n) is 9.86. The Labute approximate surface area is 106 Å². The fraction of sp³-hybridized carbons (Fsp3) is 0.357. The SMILES string of the molecule is C[C@H]1CCCc2nc(-c3ccccc3Cl)cn21. The number of halogens is 1. The van der Waals surface area contributed by atoms with Crippen molar-refractivity contribution in [1.29, 1.82) is 0 Å². The topological polar surface area (TPSA) is 17.8 Å². The number of hydrogen-bond donors (Lipinski definition) is 0. The fourth-order valence-electron chi connectivity index (χ4n) is 2.49. The smallest absolute Gasteiger partial charge is 0.109 e. The summed E-state index contributed by atoms with van der Waals surface area (Å²) in [6.45, 7) is 2.25. The van der Waals surface area contributed by atoms with Crippen molar-refractivity contribution in [2.24, 2.45) is 0 Å². The Kier molecular flexibility index (Phi) is 2.67. The van der Waals surface area contributed by atoms with Crippen LogP contribution in [0.3, 0.4) is 0 Å². The van der Waals surface area contributed by atoms with Gasteiger partial charge < -0.3 is 4.57 Å². The molecule has 0 aliphatic carbocycles. The number of benzene rings is 1. The third-order valence-electron chi connectivity index (χ3n) is 3.46. The summed E-state index contributed by atoms with van der Waals surface area (Å²) in [7, 11) is 0. The summed E-state index contributed by atoms with van der Waals surface area (Å²) >= 11 is 6.21. The molecule has 1 aromatic heterocycles. The highest BCUT2D eigenvalue weighted by molar-refractivity contribution is 6.33. The molecular formula is C14H15ClN2. The van der Waals surface area contributed by atoms with Gasteiger partial charge in [0, 0.05) is 24.2 Å². The molecule has 1 aromatic carbocycles. The van der Waals surface area contributed by atoms with E-state index in [1.54, 1.807) is 0 Å². The highest BCUT2D eigenvalue weighted by Gasteiger charge is 2.19. The first kappa shape index (κ1) is 10.8. The average molecular weight is 247 g/mol. The first-order valence-electron chi connectivity index (χ1n) is 6.08. The van der Waals surface area contributed by atoms with Crippen LogP contribution in [-0.2, 0) is 6.42 Å². The lowest BCUT2D eigenvalue weighted by atomic mass is 10.1. The van der Waals surface area contributed by atoms with Crippen molar-refractivity contribution in [1.82, 2.24) is 9.55 Å². The Balaban J connectivity index is 2.08. The first-order chi connectivity index (χ1) is 8.25. The summed E-state index contributed by atoms with van der Waals surface area (Å²) in [6.07, 6.45) is 5.70. The molecule has 0 spiro atoms. The molecule has 0 N–H and O–H groups in total. The summed E-state index contributed by atoms with van der Waals surface area (Å²) in [5.74, 6) is 1.19. The summed E-state index contributed by atoms with van der Waals surface area (Å²) in [5, 5.41) is 0.774. The zero-order valence-corrected chi connectivity index (χ0v) is 10.6. The Morgan fingerprint density at radius 3 is 2.94 bits per heavy atom. The van der Waals surface area contributed by atoms with Gasteiger partial charge in [0.15, 0.2) is 0 Å². The van der Waals surface area contributed by atoms with E-state index in [2.05, 4.69) is 17.7 Å². The number of imidazole rings is 1. The van der Waals surface area contributed by atoms with Crippen molar-refractivity contribution in [3.8, 4) is 11.3 Å². The molecular weight excluding hydrogens is 232 g/mol. The van der Waals surface area contributed by atoms with Gasteiger partial charge in [-0.3, -0.25) is 0 Å². The van der Waals surface area contributed by atoms with Crippen LogP contribution in [0.4, 0.5) is 0 Å². The molecule has 1 aliphatic rings. The molecule has 2 aromatic rings. The second kappa shape index (κ2) is 4.19. The normalized spacial score (nSPS) is 19.1. The highest BCUT2D eigenvalue weighted by Crippen LogP contribution is 2.31. The lowest BCUT2D eigenvalue weighted by molar-refractivity contribution is 0.426. The van der Waals surface area contributed by atoms with Gasteiger partial charge in [-0.15, -0.1) is 0 Å². The third kappa shape index (κ3) is 1.87. The molecule has 0 amide bonds. The van der Waals surface area contributed by atoms with Crippen LogP contribution in [0.25, 0.3) is 11.3 Å². The number of aryl methyl sites for hydroxylation is 1. The van der Waals surface area contributed by atoms with Gasteiger partial charge in [-0.05, 0) is 25.8 Å². The summed E-state index contributed by atoms with van der Waals surface area (Å²) < 4.78 is 2.29. The largest absolute Gasteiger partial charge is 0.331 e. The van der Waals surface area contributed by atoms with E-state index >= 15 is 0 Å². The van der Waals surface area contributed by atoms with Crippen molar-refractivity contribution in [3.05, 3.63) is 41.3 Å². The van der Waals surface area contributed by atoms with Gasteiger partial charge in [-0.1, -0.05) is 29.8 Å². The van der Waals surface area contributed by atoms with E-state index in [0.717, 1.165) is 22.7 Å². The van der Waals surface area contributed by atoms with Gasteiger partial charge in [0.2, 0.25) is 0 Å². The van der Waals surface area contributed by atoms with E-state index in [1.165, 1.54) is 18.7 Å². The van der Waals surface area contributed by atoms with E-state index in [9.17, 15) is 0 Å². The van der Waals surface area contributed by atoms with E-state index in [0.29, 0.717) is 6.04 Å². The minimum Gasteiger partial charge on any atom is -0.331 e. The molecule has 1 aliphatic heterocycles. The summed E-state index contributed by atoms with van der Waals surface area (Å²) in [6, 6.07) is 8.45. The molecule has 0 fully saturated rings. The number of aromatic nitrogens is 2. The van der Waals surface area contributed by atoms with Gasteiger partial charge in [-0.25, -0.2) is 4.98 Å². The van der Waals surface area contributed by atoms with E-state index in [4.69, 9.17) is 16.6 Å². The molecule has 88 valence electrons. The molecule has 1 atom stereocenters. The molecule has 0 saturated carbocycles. The van der Waals surface area contributed by atoms with Gasteiger partial charge >= 0.3 is 0 Å². The number of hydrogen-bond acceptors (Lipinski definition) is 1. The van der Waals surface area contributed by atoms with Crippen LogP contribution in [0.2, 0.25) is 5.02 Å². The summed E-state index contributed by atoms with van der Waals surface area (Å²) in [5.41, 5.74) is 2.03. The van der Waals surface area contributed by atoms with Gasteiger partial charge in [0.1, 0.15) is 5.82 Å². The maximum absolute atomic E-state index is 6.21. The minimum absolute atomic E-state index is 0.558. The molecule has 3 rings (SSSR count). The summed E-state index contributed by atoms with van der Waals surface area (Å²) in [4.78, 5) is 4.71. The van der Waals surface area contributed by atoms with Crippen LogP contribution in [0.15, 0.2) is 30.5 Å². The first-order valence-corrected chi connectivity index (χ1v) is 6.46. The molecule has 2 nitrogen and oxygen atoms in total. The van der Waals surface area contributed by atoms with Crippen molar-refractivity contribution in [2.45, 2.75) is 32.2 Å². The van der Waals surface area contributed by atoms with Crippen molar-refractivity contribution in [2.75, 3.05) is 0 Å². The van der Waals surface area contributed by atoms with E-state index in [-0.39, 0.29) is 0 Å². The number of fused-ring (bicyclic) bond motifs is 1. The quantitative estimate of drug-likeness (QED) is 0.741. The van der Waals surface area contributed by atoms with Crippen LogP contribution in [-0.4, -0.2) is 9.55 Å². The predicted molar refractivity (Wildman–Crippen MR) is 70.3 cm³/mol. The standard InChI is InChI=1S/C14H15ClN2/c1-10-5-4-8-14-16-13(9-17(10)14)11-6-2-3-7-12(11)15/h2-3,6-7,9-10H,4-5,8H2,1H3/t10-/m0/s1. The highest BCUT2D eigenvalue weighted by atomic mass is 35.5. The molecule has 0 saturated heterocycles. The second-order valence-electron chi connectivity index (χ2n) is 4.67. The van der Waals surface area contributed by atoms with Crippen LogP contribution in [0.5, 0.6) is 0 Å².